The molecule has 1 aromatic carbocycles. The molecule has 0 aliphatic heterocycles. The monoisotopic (exact) mass is 190 g/mol. The molecule has 2 rings (SSSR count). The van der Waals surface area contributed by atoms with Crippen LogP contribution in [0.4, 0.5) is 0 Å². The van der Waals surface area contributed by atoms with Gasteiger partial charge in [0.25, 0.3) is 0 Å². The summed E-state index contributed by atoms with van der Waals surface area (Å²) in [4.78, 5) is 0. The van der Waals surface area contributed by atoms with Gasteiger partial charge in [-0.05, 0) is 19.9 Å². The average Bonchev–Trinajstić information content (AvgIpc) is 2.44. The van der Waals surface area contributed by atoms with Crippen LogP contribution in [0.3, 0.4) is 0 Å². The summed E-state index contributed by atoms with van der Waals surface area (Å²) in [5.74, 6) is 0.910. The maximum Gasteiger partial charge on any atom is 0.145 e. The van der Waals surface area contributed by atoms with Crippen molar-refractivity contribution in [3.8, 4) is 5.75 Å². The molecule has 0 saturated carbocycles. The van der Waals surface area contributed by atoms with Gasteiger partial charge in [-0.1, -0.05) is 12.1 Å². The number of ether oxygens (including phenoxy) is 1. The Morgan fingerprint density at radius 2 is 2.21 bits per heavy atom. The second-order valence-electron chi connectivity index (χ2n) is 3.29. The van der Waals surface area contributed by atoms with Crippen molar-refractivity contribution in [3.05, 3.63) is 23.9 Å². The number of hydrogen-bond acceptors (Lipinski definition) is 2. The number of fused-ring (bicyclic) bond motifs is 1. The van der Waals surface area contributed by atoms with E-state index >= 15 is 0 Å². The van der Waals surface area contributed by atoms with Crippen LogP contribution in [0, 0.1) is 6.92 Å². The molecule has 0 fully saturated rings. The van der Waals surface area contributed by atoms with Crippen molar-refractivity contribution in [2.24, 2.45) is 7.05 Å². The Bertz CT molecular complexity index is 460. The van der Waals surface area contributed by atoms with Crippen molar-refractivity contribution < 1.29 is 4.74 Å². The Labute approximate surface area is 83.3 Å². The van der Waals surface area contributed by atoms with Gasteiger partial charge in [0.2, 0.25) is 0 Å². The Kier molecular flexibility index (Phi) is 2.15. The lowest BCUT2D eigenvalue weighted by atomic mass is 10.2. The first-order valence-corrected chi connectivity index (χ1v) is 4.79. The third kappa shape index (κ3) is 1.25. The van der Waals surface area contributed by atoms with Gasteiger partial charge in [0.15, 0.2) is 0 Å². The minimum Gasteiger partial charge on any atom is -0.492 e. The molecule has 0 N–H and O–H groups in total. The molecule has 74 valence electrons. The molecule has 0 unspecified atom stereocenters. The van der Waals surface area contributed by atoms with Crippen LogP contribution in [0.25, 0.3) is 10.9 Å². The van der Waals surface area contributed by atoms with Crippen LogP contribution in [0.2, 0.25) is 0 Å². The fourth-order valence-corrected chi connectivity index (χ4v) is 1.75. The molecule has 0 saturated heterocycles. The molecule has 2 aromatic rings. The van der Waals surface area contributed by atoms with Gasteiger partial charge < -0.3 is 4.74 Å². The van der Waals surface area contributed by atoms with Crippen molar-refractivity contribution in [1.29, 1.82) is 0 Å². The van der Waals surface area contributed by atoms with Crippen molar-refractivity contribution in [2.45, 2.75) is 13.8 Å². The predicted octanol–water partition coefficient (Wildman–Crippen LogP) is 2.28. The third-order valence-electron chi connectivity index (χ3n) is 2.31. The van der Waals surface area contributed by atoms with Crippen LogP contribution >= 0.6 is 0 Å². The molecule has 0 spiro atoms. The van der Waals surface area contributed by atoms with Crippen LogP contribution in [0.1, 0.15) is 12.6 Å². The van der Waals surface area contributed by atoms with Crippen LogP contribution in [0.15, 0.2) is 18.2 Å². The summed E-state index contributed by atoms with van der Waals surface area (Å²) >= 11 is 0. The van der Waals surface area contributed by atoms with Crippen molar-refractivity contribution in [2.75, 3.05) is 6.61 Å². The summed E-state index contributed by atoms with van der Waals surface area (Å²) < 4.78 is 7.42. The highest BCUT2D eigenvalue weighted by Crippen LogP contribution is 2.26. The summed E-state index contributed by atoms with van der Waals surface area (Å²) in [6.07, 6.45) is 0. The van der Waals surface area contributed by atoms with E-state index < -0.39 is 0 Å². The molecule has 1 heterocycles. The van der Waals surface area contributed by atoms with E-state index in [2.05, 4.69) is 11.2 Å². The number of hydrogen-bond donors (Lipinski definition) is 0. The van der Waals surface area contributed by atoms with Crippen molar-refractivity contribution in [1.82, 2.24) is 9.78 Å². The largest absolute Gasteiger partial charge is 0.492 e. The van der Waals surface area contributed by atoms with E-state index in [1.165, 1.54) is 5.39 Å². The molecule has 3 heteroatoms. The quantitative estimate of drug-likeness (QED) is 0.726. The van der Waals surface area contributed by atoms with E-state index in [9.17, 15) is 0 Å². The van der Waals surface area contributed by atoms with Crippen LogP contribution < -0.4 is 4.74 Å². The minimum atomic E-state index is 0.684. The minimum absolute atomic E-state index is 0.684. The zero-order valence-electron chi connectivity index (χ0n) is 8.74. The zero-order chi connectivity index (χ0) is 10.1. The van der Waals surface area contributed by atoms with Gasteiger partial charge in [-0.2, -0.15) is 5.10 Å². The molecule has 0 radical (unpaired) electrons. The highest BCUT2D eigenvalue weighted by molar-refractivity contribution is 5.87. The average molecular weight is 190 g/mol. The smallest absolute Gasteiger partial charge is 0.145 e. The third-order valence-corrected chi connectivity index (χ3v) is 2.31. The summed E-state index contributed by atoms with van der Waals surface area (Å²) in [5.41, 5.74) is 2.12. The number of para-hydroxylation sites is 1. The Morgan fingerprint density at radius 1 is 1.43 bits per heavy atom. The molecular formula is C11H14N2O. The van der Waals surface area contributed by atoms with Gasteiger partial charge in [0.1, 0.15) is 11.3 Å². The Hall–Kier alpha value is -1.51. The summed E-state index contributed by atoms with van der Waals surface area (Å²) in [6.45, 7) is 4.68. The summed E-state index contributed by atoms with van der Waals surface area (Å²) in [7, 11) is 1.94. The zero-order valence-corrected chi connectivity index (χ0v) is 8.74. The molecule has 0 bridgehead atoms. The standard InChI is InChI=1S/C11H14N2O/c1-4-14-10-7-5-6-9-8(2)12-13(3)11(9)10/h5-7H,4H2,1-3H3. The lowest BCUT2D eigenvalue weighted by molar-refractivity contribution is 0.342. The van der Waals surface area contributed by atoms with Gasteiger partial charge in [-0.15, -0.1) is 0 Å². The van der Waals surface area contributed by atoms with Gasteiger partial charge in [-0.25, -0.2) is 0 Å². The summed E-state index contributed by atoms with van der Waals surface area (Å²) in [6, 6.07) is 6.05. The second kappa shape index (κ2) is 3.33. The van der Waals surface area contributed by atoms with Crippen molar-refractivity contribution in [3.63, 3.8) is 0 Å². The molecule has 0 amide bonds. The lowest BCUT2D eigenvalue weighted by Gasteiger charge is -2.05. The van der Waals surface area contributed by atoms with E-state index in [0.717, 1.165) is 17.0 Å². The van der Waals surface area contributed by atoms with Gasteiger partial charge >= 0.3 is 0 Å². The van der Waals surface area contributed by atoms with E-state index in [0.29, 0.717) is 6.61 Å². The molecule has 0 aliphatic rings. The lowest BCUT2D eigenvalue weighted by Crippen LogP contribution is -1.96. The highest BCUT2D eigenvalue weighted by Gasteiger charge is 2.08. The molecule has 1 aromatic heterocycles. The summed E-state index contributed by atoms with van der Waals surface area (Å²) in [5, 5.41) is 5.53. The molecule has 0 aliphatic carbocycles. The maximum absolute atomic E-state index is 5.55. The number of aromatic nitrogens is 2. The predicted molar refractivity (Wildman–Crippen MR) is 56.6 cm³/mol. The first-order valence-electron chi connectivity index (χ1n) is 4.79. The van der Waals surface area contributed by atoms with E-state index in [1.807, 2.05) is 37.7 Å². The first kappa shape index (κ1) is 9.06. The van der Waals surface area contributed by atoms with Crippen LogP contribution in [-0.2, 0) is 7.05 Å². The fraction of sp³-hybridized carbons (Fsp3) is 0.364. The SMILES string of the molecule is CCOc1cccc2c(C)nn(C)c12. The number of aryl methyl sites for hydroxylation is 2. The first-order chi connectivity index (χ1) is 6.74. The van der Waals surface area contributed by atoms with Crippen LogP contribution in [0.5, 0.6) is 5.75 Å². The number of rotatable bonds is 2. The Morgan fingerprint density at radius 3 is 2.93 bits per heavy atom. The van der Waals surface area contributed by atoms with Gasteiger partial charge in [0.05, 0.1) is 12.3 Å². The van der Waals surface area contributed by atoms with Crippen molar-refractivity contribution >= 4 is 10.9 Å². The highest BCUT2D eigenvalue weighted by atomic mass is 16.5. The van der Waals surface area contributed by atoms with Gasteiger partial charge in [0, 0.05) is 12.4 Å². The Balaban J connectivity index is 2.72. The topological polar surface area (TPSA) is 27.1 Å². The van der Waals surface area contributed by atoms with E-state index in [4.69, 9.17) is 4.74 Å². The molecule has 14 heavy (non-hydrogen) atoms. The number of benzene rings is 1. The molecular weight excluding hydrogens is 176 g/mol. The normalized spacial score (nSPS) is 10.8. The maximum atomic E-state index is 5.55. The molecule has 3 nitrogen and oxygen atoms in total. The number of nitrogens with zero attached hydrogens (tertiary/aromatic N) is 2. The molecule has 0 atom stereocenters. The van der Waals surface area contributed by atoms with Crippen LogP contribution in [-0.4, -0.2) is 16.4 Å². The van der Waals surface area contributed by atoms with Gasteiger partial charge in [-0.3, -0.25) is 4.68 Å². The second-order valence-corrected chi connectivity index (χ2v) is 3.29. The van der Waals surface area contributed by atoms with E-state index in [-0.39, 0.29) is 0 Å². The fourth-order valence-electron chi connectivity index (χ4n) is 1.75. The van der Waals surface area contributed by atoms with E-state index in [1.54, 1.807) is 0 Å².